The molecule has 0 fully saturated rings. The van der Waals surface area contributed by atoms with E-state index in [9.17, 15) is 0 Å². The number of aromatic nitrogens is 1. The summed E-state index contributed by atoms with van der Waals surface area (Å²) in [4.78, 5) is 4.61. The summed E-state index contributed by atoms with van der Waals surface area (Å²) in [5.74, 6) is 6.40. The van der Waals surface area contributed by atoms with Gasteiger partial charge in [-0.15, -0.1) is 0 Å². The number of hydrogen-bond acceptors (Lipinski definition) is 4. The van der Waals surface area contributed by atoms with Crippen molar-refractivity contribution in [2.45, 2.75) is 20.3 Å². The Kier molecular flexibility index (Phi) is 3.15. The first-order valence-corrected chi connectivity index (χ1v) is 5.65. The number of benzene rings is 1. The van der Waals surface area contributed by atoms with Crippen molar-refractivity contribution >= 4 is 16.6 Å². The van der Waals surface area contributed by atoms with Crippen molar-refractivity contribution in [3.05, 3.63) is 29.5 Å². The number of nitrogens with two attached hydrogens (primary N) is 1. The Balaban J connectivity index is 2.87. The molecule has 4 nitrogen and oxygen atoms in total. The van der Waals surface area contributed by atoms with E-state index in [0.29, 0.717) is 0 Å². The maximum Gasteiger partial charge on any atom is 0.145 e. The number of nitrogens with one attached hydrogen (secondary N) is 1. The Bertz CT molecular complexity index is 552. The Labute approximate surface area is 101 Å². The van der Waals surface area contributed by atoms with Crippen LogP contribution in [0.2, 0.25) is 0 Å². The van der Waals surface area contributed by atoms with Gasteiger partial charge in [-0.25, -0.2) is 4.98 Å². The lowest BCUT2D eigenvalue weighted by Crippen LogP contribution is -2.11. The van der Waals surface area contributed by atoms with Crippen LogP contribution < -0.4 is 16.0 Å². The van der Waals surface area contributed by atoms with Crippen LogP contribution in [-0.2, 0) is 6.42 Å². The van der Waals surface area contributed by atoms with Crippen LogP contribution in [0.4, 0.5) is 5.69 Å². The zero-order valence-corrected chi connectivity index (χ0v) is 10.4. The van der Waals surface area contributed by atoms with Crippen LogP contribution in [0, 0.1) is 6.92 Å². The second-order valence-electron chi connectivity index (χ2n) is 3.91. The molecule has 0 atom stereocenters. The average molecular weight is 231 g/mol. The molecule has 0 amide bonds. The van der Waals surface area contributed by atoms with Crippen molar-refractivity contribution < 1.29 is 4.74 Å². The van der Waals surface area contributed by atoms with Gasteiger partial charge in [-0.3, -0.25) is 5.84 Å². The Hall–Kier alpha value is -1.81. The van der Waals surface area contributed by atoms with E-state index >= 15 is 0 Å². The predicted octanol–water partition coefficient (Wildman–Crippen LogP) is 2.40. The van der Waals surface area contributed by atoms with Gasteiger partial charge >= 0.3 is 0 Å². The fourth-order valence-corrected chi connectivity index (χ4v) is 2.18. The Morgan fingerprint density at radius 1 is 1.41 bits per heavy atom. The van der Waals surface area contributed by atoms with Gasteiger partial charge in [0.1, 0.15) is 11.3 Å². The molecule has 2 aromatic rings. The number of ether oxygens (including phenoxy) is 1. The topological polar surface area (TPSA) is 60.2 Å². The number of nitrogen functional groups attached to an aromatic ring is 1. The van der Waals surface area contributed by atoms with Crippen LogP contribution in [0.1, 0.15) is 18.2 Å². The lowest BCUT2D eigenvalue weighted by atomic mass is 10.0. The molecule has 1 aromatic heterocycles. The van der Waals surface area contributed by atoms with Crippen LogP contribution in [-0.4, -0.2) is 12.1 Å². The highest BCUT2D eigenvalue weighted by Gasteiger charge is 2.12. The Morgan fingerprint density at radius 2 is 2.18 bits per heavy atom. The van der Waals surface area contributed by atoms with Crippen LogP contribution in [0.15, 0.2) is 18.2 Å². The first-order valence-electron chi connectivity index (χ1n) is 5.65. The van der Waals surface area contributed by atoms with Gasteiger partial charge in [0, 0.05) is 11.1 Å². The maximum absolute atomic E-state index is 5.63. The molecule has 0 spiro atoms. The molecule has 3 N–H and O–H groups in total. The molecule has 0 radical (unpaired) electrons. The smallest absolute Gasteiger partial charge is 0.145 e. The van der Waals surface area contributed by atoms with Gasteiger partial charge in [0.15, 0.2) is 0 Å². The van der Waals surface area contributed by atoms with Gasteiger partial charge in [0.05, 0.1) is 12.8 Å². The van der Waals surface area contributed by atoms with E-state index in [1.54, 1.807) is 7.11 Å². The molecule has 2 rings (SSSR count). The molecule has 0 aliphatic carbocycles. The summed E-state index contributed by atoms with van der Waals surface area (Å²) >= 11 is 0. The fourth-order valence-electron chi connectivity index (χ4n) is 2.18. The van der Waals surface area contributed by atoms with Gasteiger partial charge in [0.2, 0.25) is 0 Å². The number of fused-ring (bicyclic) bond motifs is 1. The van der Waals surface area contributed by atoms with Gasteiger partial charge in [-0.1, -0.05) is 19.1 Å². The molecular formula is C13H17N3O. The van der Waals surface area contributed by atoms with E-state index < -0.39 is 0 Å². The lowest BCUT2D eigenvalue weighted by molar-refractivity contribution is 0.419. The predicted molar refractivity (Wildman–Crippen MR) is 70.2 cm³/mol. The summed E-state index contributed by atoms with van der Waals surface area (Å²) in [6, 6.07) is 5.85. The first kappa shape index (κ1) is 11.7. The van der Waals surface area contributed by atoms with Crippen molar-refractivity contribution in [1.82, 2.24) is 4.98 Å². The SMILES string of the molecule is CCc1c(C)nc2c(OC)cccc2c1NN. The molecule has 0 saturated heterocycles. The minimum atomic E-state index is 0.768. The second kappa shape index (κ2) is 4.59. The molecule has 0 unspecified atom stereocenters. The lowest BCUT2D eigenvalue weighted by Gasteiger charge is -2.14. The van der Waals surface area contributed by atoms with Crippen LogP contribution in [0.3, 0.4) is 0 Å². The van der Waals surface area contributed by atoms with Crippen LogP contribution in [0.25, 0.3) is 10.9 Å². The summed E-state index contributed by atoms with van der Waals surface area (Å²) in [5, 5.41) is 0.995. The minimum Gasteiger partial charge on any atom is -0.494 e. The third-order valence-corrected chi connectivity index (χ3v) is 3.00. The highest BCUT2D eigenvalue weighted by Crippen LogP contribution is 2.32. The van der Waals surface area contributed by atoms with Crippen molar-refractivity contribution in [1.29, 1.82) is 0 Å². The summed E-state index contributed by atoms with van der Waals surface area (Å²) in [7, 11) is 1.65. The normalized spacial score (nSPS) is 10.6. The highest BCUT2D eigenvalue weighted by atomic mass is 16.5. The van der Waals surface area contributed by atoms with Gasteiger partial charge < -0.3 is 10.2 Å². The van der Waals surface area contributed by atoms with E-state index in [2.05, 4.69) is 17.3 Å². The zero-order valence-electron chi connectivity index (χ0n) is 10.4. The summed E-state index contributed by atoms with van der Waals surface area (Å²) in [6.45, 7) is 4.09. The minimum absolute atomic E-state index is 0.768. The maximum atomic E-state index is 5.63. The summed E-state index contributed by atoms with van der Waals surface area (Å²) in [6.07, 6.45) is 0.894. The van der Waals surface area contributed by atoms with Crippen molar-refractivity contribution in [2.75, 3.05) is 12.5 Å². The van der Waals surface area contributed by atoms with E-state index in [1.165, 1.54) is 0 Å². The fraction of sp³-hybridized carbons (Fsp3) is 0.308. The molecule has 0 saturated carbocycles. The highest BCUT2D eigenvalue weighted by molar-refractivity contribution is 5.96. The number of nitrogens with zero attached hydrogens (tertiary/aromatic N) is 1. The van der Waals surface area contributed by atoms with E-state index in [0.717, 1.165) is 40.0 Å². The van der Waals surface area contributed by atoms with Crippen molar-refractivity contribution in [3.8, 4) is 5.75 Å². The van der Waals surface area contributed by atoms with Gasteiger partial charge in [-0.05, 0) is 25.0 Å². The van der Waals surface area contributed by atoms with Gasteiger partial charge in [0.25, 0.3) is 0 Å². The Morgan fingerprint density at radius 3 is 2.76 bits per heavy atom. The summed E-state index contributed by atoms with van der Waals surface area (Å²) < 4.78 is 5.32. The van der Waals surface area contributed by atoms with Crippen LogP contribution in [0.5, 0.6) is 5.75 Å². The average Bonchev–Trinajstić information content (AvgIpc) is 2.36. The number of methoxy groups -OCH3 is 1. The van der Waals surface area contributed by atoms with E-state index in [-0.39, 0.29) is 0 Å². The second-order valence-corrected chi connectivity index (χ2v) is 3.91. The standard InChI is InChI=1S/C13H17N3O/c1-4-9-8(2)15-13-10(12(9)16-14)6-5-7-11(13)17-3/h5-7H,4,14H2,1-3H3,(H,15,16). The molecular weight excluding hydrogens is 214 g/mol. The quantitative estimate of drug-likeness (QED) is 0.629. The van der Waals surface area contributed by atoms with E-state index in [1.807, 2.05) is 25.1 Å². The molecule has 17 heavy (non-hydrogen) atoms. The number of hydrogen-bond donors (Lipinski definition) is 2. The van der Waals surface area contributed by atoms with Crippen molar-refractivity contribution in [3.63, 3.8) is 0 Å². The number of para-hydroxylation sites is 1. The molecule has 0 aliphatic heterocycles. The number of hydrazine groups is 1. The van der Waals surface area contributed by atoms with E-state index in [4.69, 9.17) is 10.6 Å². The number of anilines is 1. The molecule has 4 heteroatoms. The number of aryl methyl sites for hydroxylation is 1. The third kappa shape index (κ3) is 1.80. The molecule has 1 heterocycles. The zero-order chi connectivity index (χ0) is 12.4. The van der Waals surface area contributed by atoms with Crippen LogP contribution >= 0.6 is 0 Å². The number of pyridine rings is 1. The molecule has 90 valence electrons. The molecule has 0 aliphatic rings. The molecule has 0 bridgehead atoms. The first-order chi connectivity index (χ1) is 8.22. The monoisotopic (exact) mass is 231 g/mol. The van der Waals surface area contributed by atoms with Crippen molar-refractivity contribution in [2.24, 2.45) is 5.84 Å². The molecule has 1 aromatic carbocycles. The number of rotatable bonds is 3. The third-order valence-electron chi connectivity index (χ3n) is 3.00. The largest absolute Gasteiger partial charge is 0.494 e. The van der Waals surface area contributed by atoms with Gasteiger partial charge in [-0.2, -0.15) is 0 Å². The summed E-state index contributed by atoms with van der Waals surface area (Å²) in [5.41, 5.74) is 6.70.